The van der Waals surface area contributed by atoms with Gasteiger partial charge in [0.1, 0.15) is 12.2 Å². The summed E-state index contributed by atoms with van der Waals surface area (Å²) in [6.07, 6.45) is -1.13. The molecule has 1 heterocycles. The van der Waals surface area contributed by atoms with Crippen molar-refractivity contribution >= 4 is 0 Å². The molecule has 0 saturated heterocycles. The summed E-state index contributed by atoms with van der Waals surface area (Å²) in [5.74, 6) is 0.417. The summed E-state index contributed by atoms with van der Waals surface area (Å²) in [6, 6.07) is 0. The Hall–Kier alpha value is -1.17. The van der Waals surface area contributed by atoms with Crippen LogP contribution in [0.1, 0.15) is 30.4 Å². The molecule has 0 saturated carbocycles. The Morgan fingerprint density at radius 1 is 1.42 bits per heavy atom. The number of nitrogens with zero attached hydrogens (tertiary/aromatic N) is 2. The summed E-state index contributed by atoms with van der Waals surface area (Å²) in [4.78, 5) is 7.90. The van der Waals surface area contributed by atoms with E-state index >= 15 is 0 Å². The molecule has 1 unspecified atom stereocenters. The summed E-state index contributed by atoms with van der Waals surface area (Å²) in [7, 11) is 0. The number of rotatable bonds is 4. The third kappa shape index (κ3) is 4.16. The van der Waals surface area contributed by atoms with Gasteiger partial charge in [-0.1, -0.05) is 6.92 Å². The van der Waals surface area contributed by atoms with E-state index in [1.807, 2.05) is 0 Å². The third-order valence-electron chi connectivity index (χ3n) is 3.34. The van der Waals surface area contributed by atoms with Crippen LogP contribution in [0.4, 0.5) is 13.2 Å². The molecule has 0 fully saturated rings. The minimum absolute atomic E-state index is 0.114. The van der Waals surface area contributed by atoms with Gasteiger partial charge in [-0.3, -0.25) is 0 Å². The maximum absolute atomic E-state index is 12.3. The molecule has 1 aromatic heterocycles. The third-order valence-corrected chi connectivity index (χ3v) is 3.34. The van der Waals surface area contributed by atoms with Crippen molar-refractivity contribution in [1.29, 1.82) is 0 Å². The molecule has 0 radical (unpaired) electrons. The molecule has 1 N–H and O–H groups in total. The second kappa shape index (κ2) is 5.86. The summed E-state index contributed by atoms with van der Waals surface area (Å²) in [6.45, 7) is 3.94. The lowest BCUT2D eigenvalue weighted by Crippen LogP contribution is -2.28. The van der Waals surface area contributed by atoms with Gasteiger partial charge < -0.3 is 5.32 Å². The van der Waals surface area contributed by atoms with Gasteiger partial charge >= 0.3 is 6.18 Å². The van der Waals surface area contributed by atoms with E-state index in [1.165, 1.54) is 0 Å². The van der Waals surface area contributed by atoms with Crippen molar-refractivity contribution in [2.45, 2.75) is 38.8 Å². The van der Waals surface area contributed by atoms with E-state index in [1.54, 1.807) is 6.20 Å². The highest BCUT2D eigenvalue weighted by atomic mass is 19.4. The summed E-state index contributed by atoms with van der Waals surface area (Å²) in [5, 5.41) is 3.30. The van der Waals surface area contributed by atoms with E-state index in [0.717, 1.165) is 43.6 Å². The number of alkyl halides is 3. The number of hydrogen-bond donors (Lipinski definition) is 1. The number of aryl methyl sites for hydroxylation is 1. The Labute approximate surface area is 110 Å². The monoisotopic (exact) mass is 273 g/mol. The van der Waals surface area contributed by atoms with Gasteiger partial charge in [-0.15, -0.1) is 0 Å². The molecule has 106 valence electrons. The Kier molecular flexibility index (Phi) is 4.39. The first-order valence-electron chi connectivity index (χ1n) is 6.59. The average Bonchev–Trinajstić information content (AvgIpc) is 2.34. The second-order valence-corrected chi connectivity index (χ2v) is 4.97. The molecule has 1 aliphatic carbocycles. The number of halogens is 3. The van der Waals surface area contributed by atoms with E-state index in [0.29, 0.717) is 5.92 Å². The SMILES string of the molecule is CCNCC1CCc2nc(CC(F)(F)F)ncc2C1. The van der Waals surface area contributed by atoms with E-state index in [9.17, 15) is 13.2 Å². The summed E-state index contributed by atoms with van der Waals surface area (Å²) >= 11 is 0. The number of fused-ring (bicyclic) bond motifs is 1. The van der Waals surface area contributed by atoms with Crippen LogP contribution in [-0.4, -0.2) is 29.2 Å². The van der Waals surface area contributed by atoms with Crippen LogP contribution in [-0.2, 0) is 19.3 Å². The topological polar surface area (TPSA) is 37.8 Å². The predicted molar refractivity (Wildman–Crippen MR) is 65.8 cm³/mol. The highest BCUT2D eigenvalue weighted by Crippen LogP contribution is 2.25. The van der Waals surface area contributed by atoms with Crippen LogP contribution in [0.3, 0.4) is 0 Å². The lowest BCUT2D eigenvalue weighted by Gasteiger charge is -2.24. The molecule has 0 amide bonds. The Bertz CT molecular complexity index is 432. The van der Waals surface area contributed by atoms with Crippen molar-refractivity contribution in [3.8, 4) is 0 Å². The first-order valence-corrected chi connectivity index (χ1v) is 6.59. The quantitative estimate of drug-likeness (QED) is 0.914. The first-order chi connectivity index (χ1) is 8.98. The van der Waals surface area contributed by atoms with Gasteiger partial charge in [0, 0.05) is 11.9 Å². The standard InChI is InChI=1S/C13H18F3N3/c1-2-17-7-9-3-4-11-10(5-9)8-18-12(19-11)6-13(14,15)16/h8-9,17H,2-7H2,1H3. The van der Waals surface area contributed by atoms with E-state index in [-0.39, 0.29) is 5.82 Å². The van der Waals surface area contributed by atoms with Crippen LogP contribution < -0.4 is 5.32 Å². The smallest absolute Gasteiger partial charge is 0.317 e. The molecule has 0 aromatic carbocycles. The van der Waals surface area contributed by atoms with Gasteiger partial charge in [-0.05, 0) is 43.8 Å². The molecule has 0 aliphatic heterocycles. The molecular formula is C13H18F3N3. The summed E-state index contributed by atoms with van der Waals surface area (Å²) in [5.41, 5.74) is 1.79. The van der Waals surface area contributed by atoms with Gasteiger partial charge in [0.15, 0.2) is 0 Å². The minimum atomic E-state index is -4.24. The largest absolute Gasteiger partial charge is 0.396 e. The molecule has 6 heteroatoms. The number of hydrogen-bond acceptors (Lipinski definition) is 3. The van der Waals surface area contributed by atoms with Crippen molar-refractivity contribution in [2.75, 3.05) is 13.1 Å². The molecule has 0 bridgehead atoms. The lowest BCUT2D eigenvalue weighted by atomic mass is 9.87. The van der Waals surface area contributed by atoms with E-state index in [4.69, 9.17) is 0 Å². The van der Waals surface area contributed by atoms with Gasteiger partial charge in [0.05, 0.1) is 0 Å². The number of nitrogens with one attached hydrogen (secondary N) is 1. The van der Waals surface area contributed by atoms with Gasteiger partial charge in [0.25, 0.3) is 0 Å². The fraction of sp³-hybridized carbons (Fsp3) is 0.692. The predicted octanol–water partition coefficient (Wildman–Crippen LogP) is 2.30. The highest BCUT2D eigenvalue weighted by Gasteiger charge is 2.30. The van der Waals surface area contributed by atoms with Crippen LogP contribution in [0.15, 0.2) is 6.20 Å². The van der Waals surface area contributed by atoms with Gasteiger partial charge in [-0.25, -0.2) is 9.97 Å². The van der Waals surface area contributed by atoms with Crippen molar-refractivity contribution in [2.24, 2.45) is 5.92 Å². The fourth-order valence-electron chi connectivity index (χ4n) is 2.41. The zero-order valence-corrected chi connectivity index (χ0v) is 10.9. The van der Waals surface area contributed by atoms with Gasteiger partial charge in [0.2, 0.25) is 0 Å². The van der Waals surface area contributed by atoms with Crippen LogP contribution in [0.2, 0.25) is 0 Å². The molecule has 19 heavy (non-hydrogen) atoms. The molecule has 1 atom stereocenters. The van der Waals surface area contributed by atoms with Crippen LogP contribution >= 0.6 is 0 Å². The average molecular weight is 273 g/mol. The first kappa shape index (κ1) is 14.2. The van der Waals surface area contributed by atoms with Crippen LogP contribution in [0.25, 0.3) is 0 Å². The Balaban J connectivity index is 2.03. The Morgan fingerprint density at radius 2 is 2.21 bits per heavy atom. The van der Waals surface area contributed by atoms with Crippen molar-refractivity contribution in [1.82, 2.24) is 15.3 Å². The molecule has 1 aromatic rings. The maximum Gasteiger partial charge on any atom is 0.396 e. The van der Waals surface area contributed by atoms with Crippen molar-refractivity contribution in [3.05, 3.63) is 23.3 Å². The van der Waals surface area contributed by atoms with Crippen molar-refractivity contribution < 1.29 is 13.2 Å². The molecule has 1 aliphatic rings. The zero-order valence-electron chi connectivity index (χ0n) is 10.9. The fourth-order valence-corrected chi connectivity index (χ4v) is 2.41. The number of aromatic nitrogens is 2. The Morgan fingerprint density at radius 3 is 2.89 bits per heavy atom. The van der Waals surface area contributed by atoms with E-state index in [2.05, 4.69) is 22.2 Å². The highest BCUT2D eigenvalue weighted by molar-refractivity contribution is 5.21. The second-order valence-electron chi connectivity index (χ2n) is 4.97. The zero-order chi connectivity index (χ0) is 13.9. The molecule has 3 nitrogen and oxygen atoms in total. The van der Waals surface area contributed by atoms with Crippen molar-refractivity contribution in [3.63, 3.8) is 0 Å². The van der Waals surface area contributed by atoms with Crippen LogP contribution in [0.5, 0.6) is 0 Å². The van der Waals surface area contributed by atoms with Gasteiger partial charge in [-0.2, -0.15) is 13.2 Å². The molecular weight excluding hydrogens is 255 g/mol. The maximum atomic E-state index is 12.3. The minimum Gasteiger partial charge on any atom is -0.317 e. The normalized spacial score (nSPS) is 19.3. The van der Waals surface area contributed by atoms with E-state index < -0.39 is 12.6 Å². The lowest BCUT2D eigenvalue weighted by molar-refractivity contribution is -0.128. The van der Waals surface area contributed by atoms with Crippen LogP contribution in [0, 0.1) is 5.92 Å². The summed E-state index contributed by atoms with van der Waals surface area (Å²) < 4.78 is 36.9. The molecule has 2 rings (SSSR count). The molecule has 0 spiro atoms.